The van der Waals surface area contributed by atoms with Crippen LogP contribution in [-0.4, -0.2) is 26.1 Å². The molecule has 5 heteroatoms. The summed E-state index contributed by atoms with van der Waals surface area (Å²) in [6.45, 7) is 2.13. The normalized spacial score (nSPS) is 17.3. The van der Waals surface area contributed by atoms with E-state index in [-0.39, 0.29) is 5.91 Å². The van der Waals surface area contributed by atoms with Crippen LogP contribution in [0.5, 0.6) is 5.75 Å². The number of hydrogen-bond acceptors (Lipinski definition) is 3. The lowest BCUT2D eigenvalue weighted by molar-refractivity contribution is 0.102. The van der Waals surface area contributed by atoms with Crippen LogP contribution in [0.2, 0.25) is 5.02 Å². The van der Waals surface area contributed by atoms with Crippen molar-refractivity contribution in [1.82, 2.24) is 5.32 Å². The van der Waals surface area contributed by atoms with Gasteiger partial charge in [0, 0.05) is 17.8 Å². The number of amides is 1. The van der Waals surface area contributed by atoms with Crippen molar-refractivity contribution in [2.45, 2.75) is 18.8 Å². The molecule has 0 spiro atoms. The van der Waals surface area contributed by atoms with Crippen LogP contribution in [0.15, 0.2) is 42.5 Å². The Balaban J connectivity index is 1.67. The quantitative estimate of drug-likeness (QED) is 0.879. The molecule has 1 heterocycles. The summed E-state index contributed by atoms with van der Waals surface area (Å²) in [5.74, 6) is 0.925. The van der Waals surface area contributed by atoms with E-state index in [1.165, 1.54) is 18.4 Å². The van der Waals surface area contributed by atoms with Gasteiger partial charge in [-0.2, -0.15) is 0 Å². The van der Waals surface area contributed by atoms with Crippen molar-refractivity contribution < 1.29 is 9.53 Å². The molecule has 24 heavy (non-hydrogen) atoms. The van der Waals surface area contributed by atoms with Gasteiger partial charge in [-0.25, -0.2) is 0 Å². The molecule has 2 aromatic rings. The highest BCUT2D eigenvalue weighted by Crippen LogP contribution is 2.26. The molecule has 1 aliphatic heterocycles. The summed E-state index contributed by atoms with van der Waals surface area (Å²) in [4.78, 5) is 12.3. The first-order chi connectivity index (χ1) is 11.7. The summed E-state index contributed by atoms with van der Waals surface area (Å²) in [5.41, 5.74) is 2.59. The second kappa shape index (κ2) is 7.69. The van der Waals surface area contributed by atoms with Gasteiger partial charge < -0.3 is 15.4 Å². The fourth-order valence-electron chi connectivity index (χ4n) is 2.99. The van der Waals surface area contributed by atoms with E-state index in [1.807, 2.05) is 12.1 Å². The summed E-state index contributed by atoms with van der Waals surface area (Å²) in [5, 5.41) is 6.74. The molecule has 0 aromatic heterocycles. The number of piperidine rings is 1. The summed E-state index contributed by atoms with van der Waals surface area (Å²) >= 11 is 6.07. The number of ether oxygens (including phenoxy) is 1. The van der Waals surface area contributed by atoms with Gasteiger partial charge in [-0.3, -0.25) is 4.79 Å². The molecule has 0 radical (unpaired) electrons. The molecule has 0 saturated carbocycles. The Labute approximate surface area is 147 Å². The molecule has 0 aliphatic carbocycles. The third kappa shape index (κ3) is 3.89. The van der Waals surface area contributed by atoms with Gasteiger partial charge >= 0.3 is 0 Å². The van der Waals surface area contributed by atoms with Crippen LogP contribution in [0.3, 0.4) is 0 Å². The minimum atomic E-state index is -0.188. The lowest BCUT2D eigenvalue weighted by Crippen LogP contribution is -2.28. The number of nitrogens with one attached hydrogen (secondary N) is 2. The standard InChI is InChI=1S/C19H21ClN2O2/c1-24-18-9-6-14(11-17(18)20)19(23)22-16-7-4-13(5-8-16)15-3-2-10-21-12-15/h4-9,11,15,21H,2-3,10,12H2,1H3,(H,22,23). The third-order valence-corrected chi connectivity index (χ3v) is 4.65. The summed E-state index contributed by atoms with van der Waals surface area (Å²) < 4.78 is 5.10. The van der Waals surface area contributed by atoms with Crippen molar-refractivity contribution in [1.29, 1.82) is 0 Å². The average molecular weight is 345 g/mol. The first-order valence-corrected chi connectivity index (χ1v) is 8.51. The number of benzene rings is 2. The van der Waals surface area contributed by atoms with Gasteiger partial charge in [0.05, 0.1) is 12.1 Å². The fraction of sp³-hybridized carbons (Fsp3) is 0.316. The molecule has 1 saturated heterocycles. The molecule has 1 fully saturated rings. The maximum Gasteiger partial charge on any atom is 0.255 e. The number of carbonyl (C=O) groups is 1. The molecule has 4 nitrogen and oxygen atoms in total. The van der Waals surface area contributed by atoms with Gasteiger partial charge in [0.1, 0.15) is 5.75 Å². The number of hydrogen-bond donors (Lipinski definition) is 2. The van der Waals surface area contributed by atoms with Crippen molar-refractivity contribution in [2.75, 3.05) is 25.5 Å². The fourth-order valence-corrected chi connectivity index (χ4v) is 3.24. The molecular weight excluding hydrogens is 324 g/mol. The molecule has 126 valence electrons. The van der Waals surface area contributed by atoms with Crippen LogP contribution in [-0.2, 0) is 0 Å². The zero-order valence-electron chi connectivity index (χ0n) is 13.6. The van der Waals surface area contributed by atoms with Crippen molar-refractivity contribution in [3.63, 3.8) is 0 Å². The Morgan fingerprint density at radius 3 is 2.67 bits per heavy atom. The number of halogens is 1. The van der Waals surface area contributed by atoms with Gasteiger partial charge in [-0.15, -0.1) is 0 Å². The van der Waals surface area contributed by atoms with Crippen LogP contribution in [0.1, 0.15) is 34.7 Å². The minimum Gasteiger partial charge on any atom is -0.495 e. The summed E-state index contributed by atoms with van der Waals surface area (Å²) in [6, 6.07) is 13.1. The summed E-state index contributed by atoms with van der Waals surface area (Å²) in [7, 11) is 1.55. The summed E-state index contributed by atoms with van der Waals surface area (Å²) in [6.07, 6.45) is 2.42. The van der Waals surface area contributed by atoms with Crippen LogP contribution in [0.25, 0.3) is 0 Å². The number of carbonyl (C=O) groups excluding carboxylic acids is 1. The average Bonchev–Trinajstić information content (AvgIpc) is 2.63. The van der Waals surface area contributed by atoms with E-state index in [0.29, 0.717) is 22.3 Å². The van der Waals surface area contributed by atoms with Gasteiger partial charge in [0.15, 0.2) is 0 Å². The highest BCUT2D eigenvalue weighted by Gasteiger charge is 2.15. The van der Waals surface area contributed by atoms with Crippen molar-refractivity contribution in [3.8, 4) is 5.75 Å². The predicted molar refractivity (Wildman–Crippen MR) is 97.2 cm³/mol. The Kier molecular flexibility index (Phi) is 5.38. The second-order valence-corrected chi connectivity index (χ2v) is 6.38. The maximum absolute atomic E-state index is 12.3. The molecule has 2 N–H and O–H groups in total. The highest BCUT2D eigenvalue weighted by atomic mass is 35.5. The van der Waals surface area contributed by atoms with Crippen molar-refractivity contribution >= 4 is 23.2 Å². The zero-order chi connectivity index (χ0) is 16.9. The van der Waals surface area contributed by atoms with E-state index in [4.69, 9.17) is 16.3 Å². The first kappa shape index (κ1) is 16.8. The lowest BCUT2D eigenvalue weighted by atomic mass is 9.91. The Bertz CT molecular complexity index is 710. The van der Waals surface area contributed by atoms with E-state index in [2.05, 4.69) is 22.8 Å². The van der Waals surface area contributed by atoms with Gasteiger partial charge in [-0.05, 0) is 61.2 Å². The van der Waals surface area contributed by atoms with E-state index < -0.39 is 0 Å². The lowest BCUT2D eigenvalue weighted by Gasteiger charge is -2.23. The minimum absolute atomic E-state index is 0.188. The third-order valence-electron chi connectivity index (χ3n) is 4.35. The van der Waals surface area contributed by atoms with Gasteiger partial charge in [-0.1, -0.05) is 23.7 Å². The van der Waals surface area contributed by atoms with E-state index in [9.17, 15) is 4.79 Å². The highest BCUT2D eigenvalue weighted by molar-refractivity contribution is 6.32. The first-order valence-electron chi connectivity index (χ1n) is 8.13. The monoisotopic (exact) mass is 344 g/mol. The SMILES string of the molecule is COc1ccc(C(=O)Nc2ccc(C3CCCNC3)cc2)cc1Cl. The number of rotatable bonds is 4. The molecule has 0 bridgehead atoms. The van der Waals surface area contributed by atoms with E-state index in [0.717, 1.165) is 18.8 Å². The van der Waals surface area contributed by atoms with Crippen molar-refractivity contribution in [2.24, 2.45) is 0 Å². The van der Waals surface area contributed by atoms with Crippen LogP contribution in [0, 0.1) is 0 Å². The topological polar surface area (TPSA) is 50.4 Å². The zero-order valence-corrected chi connectivity index (χ0v) is 14.4. The Morgan fingerprint density at radius 1 is 1.25 bits per heavy atom. The smallest absolute Gasteiger partial charge is 0.255 e. The second-order valence-electron chi connectivity index (χ2n) is 5.97. The molecule has 1 amide bonds. The van der Waals surface area contributed by atoms with E-state index >= 15 is 0 Å². The Hall–Kier alpha value is -2.04. The number of methoxy groups -OCH3 is 1. The Morgan fingerprint density at radius 2 is 2.04 bits per heavy atom. The van der Waals surface area contributed by atoms with Gasteiger partial charge in [0.25, 0.3) is 5.91 Å². The molecule has 2 aromatic carbocycles. The predicted octanol–water partition coefficient (Wildman–Crippen LogP) is 4.07. The molecule has 3 rings (SSSR count). The molecule has 1 atom stereocenters. The van der Waals surface area contributed by atoms with Crippen molar-refractivity contribution in [3.05, 3.63) is 58.6 Å². The van der Waals surface area contributed by atoms with Gasteiger partial charge in [0.2, 0.25) is 0 Å². The van der Waals surface area contributed by atoms with Crippen LogP contribution in [0.4, 0.5) is 5.69 Å². The van der Waals surface area contributed by atoms with E-state index in [1.54, 1.807) is 25.3 Å². The molecule has 1 unspecified atom stereocenters. The largest absolute Gasteiger partial charge is 0.495 e. The molecule has 1 aliphatic rings. The molecular formula is C19H21ClN2O2. The van der Waals surface area contributed by atoms with Crippen LogP contribution >= 0.6 is 11.6 Å². The maximum atomic E-state index is 12.3. The van der Waals surface area contributed by atoms with Crippen LogP contribution < -0.4 is 15.4 Å². The number of anilines is 1.